The summed E-state index contributed by atoms with van der Waals surface area (Å²) in [5, 5.41) is 0. The average Bonchev–Trinajstić information content (AvgIpc) is 2.73. The molecule has 4 heteroatoms. The Morgan fingerprint density at radius 1 is 1.11 bits per heavy atom. The molecular weight excluding hydrogens is 228 g/mol. The first kappa shape index (κ1) is 11.8. The second-order valence-corrected chi connectivity index (χ2v) is 5.22. The molecule has 0 N–H and O–H groups in total. The van der Waals surface area contributed by atoms with Crippen molar-refractivity contribution in [2.24, 2.45) is 0 Å². The highest BCUT2D eigenvalue weighted by molar-refractivity contribution is 5.44. The molecule has 1 aromatic rings. The van der Waals surface area contributed by atoms with Crippen LogP contribution in [0.3, 0.4) is 0 Å². The van der Waals surface area contributed by atoms with Gasteiger partial charge in [-0.2, -0.15) is 0 Å². The van der Waals surface area contributed by atoms with Gasteiger partial charge in [0.05, 0.1) is 6.54 Å². The van der Waals surface area contributed by atoms with Crippen LogP contribution in [0.15, 0.2) is 18.2 Å². The number of hydrogen-bond acceptors (Lipinski definition) is 4. The van der Waals surface area contributed by atoms with Crippen molar-refractivity contribution in [2.45, 2.75) is 13.2 Å². The molecule has 0 aromatic heterocycles. The van der Waals surface area contributed by atoms with Gasteiger partial charge in [-0.05, 0) is 31.7 Å². The van der Waals surface area contributed by atoms with Crippen LogP contribution in [-0.4, -0.2) is 55.9 Å². The second kappa shape index (κ2) is 4.78. The Bertz CT molecular complexity index is 428. The monoisotopic (exact) mass is 248 g/mol. The van der Waals surface area contributed by atoms with Gasteiger partial charge in [-0.3, -0.25) is 4.90 Å². The van der Waals surface area contributed by atoms with Crippen LogP contribution in [0.1, 0.15) is 5.56 Å². The molecule has 98 valence electrons. The van der Waals surface area contributed by atoms with Crippen LogP contribution >= 0.6 is 0 Å². The fraction of sp³-hybridized carbons (Fsp3) is 0.571. The minimum atomic E-state index is -0.148. The topological polar surface area (TPSA) is 24.9 Å². The summed E-state index contributed by atoms with van der Waals surface area (Å²) in [4.78, 5) is 4.76. The van der Waals surface area contributed by atoms with E-state index in [-0.39, 0.29) is 6.29 Å². The van der Waals surface area contributed by atoms with E-state index in [1.165, 1.54) is 5.56 Å². The highest BCUT2D eigenvalue weighted by atomic mass is 16.7. The van der Waals surface area contributed by atoms with E-state index in [4.69, 9.17) is 9.47 Å². The summed E-state index contributed by atoms with van der Waals surface area (Å²) in [5.41, 5.74) is 1.21. The molecule has 0 bridgehead atoms. The van der Waals surface area contributed by atoms with Gasteiger partial charge in [-0.15, -0.1) is 0 Å². The third-order valence-corrected chi connectivity index (χ3v) is 3.62. The van der Waals surface area contributed by atoms with Crippen LogP contribution in [0.5, 0.6) is 11.5 Å². The summed E-state index contributed by atoms with van der Waals surface area (Å²) in [6, 6.07) is 6.09. The fourth-order valence-corrected chi connectivity index (χ4v) is 2.43. The number of benzene rings is 1. The van der Waals surface area contributed by atoms with Crippen LogP contribution in [0.2, 0.25) is 0 Å². The normalized spacial score (nSPS) is 24.4. The predicted molar refractivity (Wildman–Crippen MR) is 70.2 cm³/mol. The van der Waals surface area contributed by atoms with Crippen molar-refractivity contribution in [3.05, 3.63) is 23.8 Å². The minimum absolute atomic E-state index is 0.148. The van der Waals surface area contributed by atoms with Gasteiger partial charge in [0.25, 0.3) is 6.29 Å². The summed E-state index contributed by atoms with van der Waals surface area (Å²) in [6.07, 6.45) is -0.148. The van der Waals surface area contributed by atoms with E-state index in [9.17, 15) is 0 Å². The summed E-state index contributed by atoms with van der Waals surface area (Å²) in [7, 11) is 2.17. The summed E-state index contributed by atoms with van der Waals surface area (Å²) < 4.78 is 11.7. The minimum Gasteiger partial charge on any atom is -0.450 e. The van der Waals surface area contributed by atoms with Crippen LogP contribution in [0.25, 0.3) is 0 Å². The first-order chi connectivity index (χ1) is 8.70. The zero-order valence-electron chi connectivity index (χ0n) is 11.1. The Morgan fingerprint density at radius 3 is 2.61 bits per heavy atom. The van der Waals surface area contributed by atoms with E-state index in [2.05, 4.69) is 29.8 Å². The molecule has 3 rings (SSSR count). The summed E-state index contributed by atoms with van der Waals surface area (Å²) >= 11 is 0. The molecule has 4 nitrogen and oxygen atoms in total. The Morgan fingerprint density at radius 2 is 1.83 bits per heavy atom. The third kappa shape index (κ3) is 2.44. The maximum atomic E-state index is 5.84. The van der Waals surface area contributed by atoms with Crippen LogP contribution in [0, 0.1) is 6.92 Å². The average molecular weight is 248 g/mol. The molecule has 2 aliphatic heterocycles. The molecule has 1 atom stereocenters. The molecule has 0 saturated carbocycles. The van der Waals surface area contributed by atoms with Gasteiger partial charge in [0, 0.05) is 26.2 Å². The number of aryl methyl sites for hydroxylation is 1. The summed E-state index contributed by atoms with van der Waals surface area (Å²) in [5.74, 6) is 1.76. The lowest BCUT2D eigenvalue weighted by Crippen LogP contribution is -2.48. The smallest absolute Gasteiger partial charge is 0.254 e. The van der Waals surface area contributed by atoms with E-state index < -0.39 is 0 Å². The second-order valence-electron chi connectivity index (χ2n) is 5.22. The SMILES string of the molecule is Cc1ccc2c(c1)OC(CN1CCN(C)CC1)O2. The number of piperazine rings is 1. The van der Waals surface area contributed by atoms with E-state index in [0.717, 1.165) is 44.2 Å². The van der Waals surface area contributed by atoms with E-state index >= 15 is 0 Å². The Kier molecular flexibility index (Phi) is 3.14. The molecule has 18 heavy (non-hydrogen) atoms. The lowest BCUT2D eigenvalue weighted by atomic mass is 10.2. The highest BCUT2D eigenvalue weighted by Gasteiger charge is 2.27. The molecule has 0 amide bonds. The van der Waals surface area contributed by atoms with Crippen LogP contribution in [0.4, 0.5) is 0 Å². The Hall–Kier alpha value is -1.26. The number of rotatable bonds is 2. The quantitative estimate of drug-likeness (QED) is 0.788. The Balaban J connectivity index is 1.58. The van der Waals surface area contributed by atoms with Gasteiger partial charge in [0.15, 0.2) is 11.5 Å². The number of ether oxygens (including phenoxy) is 2. The maximum absolute atomic E-state index is 5.84. The first-order valence-corrected chi connectivity index (χ1v) is 6.55. The zero-order valence-corrected chi connectivity index (χ0v) is 11.1. The lowest BCUT2D eigenvalue weighted by molar-refractivity contribution is 0.00379. The van der Waals surface area contributed by atoms with Crippen molar-refractivity contribution in [1.29, 1.82) is 0 Å². The van der Waals surface area contributed by atoms with Crippen molar-refractivity contribution in [3.8, 4) is 11.5 Å². The van der Waals surface area contributed by atoms with E-state index in [0.29, 0.717) is 0 Å². The number of hydrogen-bond donors (Lipinski definition) is 0. The molecule has 1 unspecified atom stereocenters. The molecule has 1 fully saturated rings. The number of nitrogens with zero attached hydrogens (tertiary/aromatic N) is 2. The first-order valence-electron chi connectivity index (χ1n) is 6.55. The molecule has 2 heterocycles. The van der Waals surface area contributed by atoms with E-state index in [1.807, 2.05) is 12.1 Å². The standard InChI is InChI=1S/C14H20N2O2/c1-11-3-4-12-13(9-11)18-14(17-12)10-16-7-5-15(2)6-8-16/h3-4,9,14H,5-8,10H2,1-2H3. The van der Waals surface area contributed by atoms with Gasteiger partial charge >= 0.3 is 0 Å². The van der Waals surface area contributed by atoms with Crippen LogP contribution in [-0.2, 0) is 0 Å². The fourth-order valence-electron chi connectivity index (χ4n) is 2.43. The number of fused-ring (bicyclic) bond motifs is 1. The molecule has 0 radical (unpaired) electrons. The van der Waals surface area contributed by atoms with Crippen molar-refractivity contribution >= 4 is 0 Å². The lowest BCUT2D eigenvalue weighted by Gasteiger charge is -2.33. The third-order valence-electron chi connectivity index (χ3n) is 3.62. The zero-order chi connectivity index (χ0) is 12.5. The van der Waals surface area contributed by atoms with Crippen molar-refractivity contribution < 1.29 is 9.47 Å². The molecular formula is C14H20N2O2. The van der Waals surface area contributed by atoms with Gasteiger partial charge in [-0.25, -0.2) is 0 Å². The van der Waals surface area contributed by atoms with Crippen LogP contribution < -0.4 is 9.47 Å². The van der Waals surface area contributed by atoms with Gasteiger partial charge < -0.3 is 14.4 Å². The van der Waals surface area contributed by atoms with Crippen molar-refractivity contribution in [1.82, 2.24) is 9.80 Å². The summed E-state index contributed by atoms with van der Waals surface area (Å²) in [6.45, 7) is 7.35. The predicted octanol–water partition coefficient (Wildman–Crippen LogP) is 1.34. The molecule has 2 aliphatic rings. The van der Waals surface area contributed by atoms with Gasteiger partial charge in [0.2, 0.25) is 0 Å². The van der Waals surface area contributed by atoms with Crippen molar-refractivity contribution in [3.63, 3.8) is 0 Å². The van der Waals surface area contributed by atoms with Gasteiger partial charge in [0.1, 0.15) is 0 Å². The molecule has 1 aromatic carbocycles. The van der Waals surface area contributed by atoms with Crippen molar-refractivity contribution in [2.75, 3.05) is 39.8 Å². The molecule has 0 aliphatic carbocycles. The largest absolute Gasteiger partial charge is 0.450 e. The molecule has 0 spiro atoms. The van der Waals surface area contributed by atoms with Gasteiger partial charge in [-0.1, -0.05) is 6.07 Å². The van der Waals surface area contributed by atoms with E-state index in [1.54, 1.807) is 0 Å². The number of likely N-dealkylation sites (N-methyl/N-ethyl adjacent to an activating group) is 1. The highest BCUT2D eigenvalue weighted by Crippen LogP contribution is 2.35. The maximum Gasteiger partial charge on any atom is 0.254 e. The molecule has 1 saturated heterocycles. The Labute approximate surface area is 108 Å².